The fourth-order valence-corrected chi connectivity index (χ4v) is 2.94. The van der Waals surface area contributed by atoms with E-state index in [9.17, 15) is 0 Å². The molecule has 0 aromatic rings. The number of hydrogen-bond donors (Lipinski definition) is 0. The largest absolute Gasteiger partial charge is 0.485 e. The molecule has 0 fully saturated rings. The first-order valence-corrected chi connectivity index (χ1v) is 7.59. The maximum Gasteiger partial charge on any atom is 0.360 e. The lowest BCUT2D eigenvalue weighted by molar-refractivity contribution is 0.114. The zero-order chi connectivity index (χ0) is 11.8. The van der Waals surface area contributed by atoms with Gasteiger partial charge in [-0.05, 0) is 39.9 Å². The van der Waals surface area contributed by atoms with Crippen LogP contribution < -0.4 is 0 Å². The van der Waals surface area contributed by atoms with E-state index in [1.165, 1.54) is 0 Å². The van der Waals surface area contributed by atoms with Gasteiger partial charge in [-0.3, -0.25) is 0 Å². The summed E-state index contributed by atoms with van der Waals surface area (Å²) in [5, 5.41) is 0.632. The smallest absolute Gasteiger partial charge is 0.360 e. The molecule has 3 nitrogen and oxygen atoms in total. The van der Waals surface area contributed by atoms with E-state index in [-0.39, 0.29) is 12.2 Å². The van der Waals surface area contributed by atoms with Crippen molar-refractivity contribution in [1.29, 1.82) is 0 Å². The van der Waals surface area contributed by atoms with E-state index in [0.29, 0.717) is 11.3 Å². The van der Waals surface area contributed by atoms with Crippen LogP contribution in [0.1, 0.15) is 41.0 Å². The maximum absolute atomic E-state index is 5.69. The molecular formula is C10H22O3SSi. The highest BCUT2D eigenvalue weighted by molar-refractivity contribution is 7.80. The van der Waals surface area contributed by atoms with Crippen molar-refractivity contribution in [2.75, 3.05) is 6.23 Å². The number of rotatable bonds is 7. The molecule has 0 heterocycles. The molecular weight excluding hydrogens is 228 g/mol. The molecule has 5 heteroatoms. The van der Waals surface area contributed by atoms with Gasteiger partial charge in [-0.2, -0.15) is 0 Å². The summed E-state index contributed by atoms with van der Waals surface area (Å²) in [6.07, 6.45) is 1.63. The molecule has 0 rings (SSSR count). The van der Waals surface area contributed by atoms with Crippen LogP contribution in [0, 0.1) is 0 Å². The van der Waals surface area contributed by atoms with Crippen LogP contribution in [-0.2, 0) is 13.6 Å². The van der Waals surface area contributed by atoms with E-state index < -0.39 is 9.28 Å². The molecule has 0 aromatic carbocycles. The molecule has 0 bridgehead atoms. The molecule has 0 atom stereocenters. The first-order chi connectivity index (χ1) is 6.95. The minimum atomic E-state index is -1.73. The van der Waals surface area contributed by atoms with Crippen LogP contribution in [0.2, 0.25) is 0 Å². The zero-order valence-corrected chi connectivity index (χ0v) is 12.3. The average Bonchev–Trinajstić information content (AvgIpc) is 2.11. The maximum atomic E-state index is 5.69. The van der Waals surface area contributed by atoms with Crippen LogP contribution >= 0.6 is 12.2 Å². The highest BCUT2D eigenvalue weighted by Gasteiger charge is 2.18. The summed E-state index contributed by atoms with van der Waals surface area (Å²) in [7, 11) is -1.73. The molecule has 0 saturated heterocycles. The molecule has 0 spiro atoms. The van der Waals surface area contributed by atoms with Crippen LogP contribution in [0.3, 0.4) is 0 Å². The van der Waals surface area contributed by atoms with Crippen molar-refractivity contribution in [3.05, 3.63) is 0 Å². The monoisotopic (exact) mass is 250 g/mol. The van der Waals surface area contributed by atoms with Gasteiger partial charge in [0.2, 0.25) is 0 Å². The van der Waals surface area contributed by atoms with Crippen LogP contribution in [0.4, 0.5) is 0 Å². The van der Waals surface area contributed by atoms with E-state index in [4.69, 9.17) is 25.8 Å². The quantitative estimate of drug-likeness (QED) is 0.512. The summed E-state index contributed by atoms with van der Waals surface area (Å²) in [4.78, 5) is 0. The van der Waals surface area contributed by atoms with Gasteiger partial charge in [0, 0.05) is 18.6 Å². The topological polar surface area (TPSA) is 27.7 Å². The molecule has 0 amide bonds. The Morgan fingerprint density at radius 1 is 1.13 bits per heavy atom. The third-order valence-electron chi connectivity index (χ3n) is 1.52. The van der Waals surface area contributed by atoms with E-state index >= 15 is 0 Å². The normalized spacial score (nSPS) is 11.5. The van der Waals surface area contributed by atoms with Crippen molar-refractivity contribution in [2.45, 2.75) is 53.2 Å². The van der Waals surface area contributed by atoms with Gasteiger partial charge in [-0.1, -0.05) is 6.92 Å². The molecule has 0 aromatic heterocycles. The average molecular weight is 250 g/mol. The van der Waals surface area contributed by atoms with E-state index in [1.54, 1.807) is 0 Å². The van der Waals surface area contributed by atoms with Crippen LogP contribution in [0.25, 0.3) is 0 Å². The highest BCUT2D eigenvalue weighted by atomic mass is 32.1. The molecule has 0 N–H and O–H groups in total. The Bertz CT molecular complexity index is 176. The Hall–Kier alpha value is 0.0269. The summed E-state index contributed by atoms with van der Waals surface area (Å²) in [6, 6.07) is 0. The van der Waals surface area contributed by atoms with E-state index in [1.807, 2.05) is 34.6 Å². The first kappa shape index (κ1) is 15.0. The van der Waals surface area contributed by atoms with Crippen molar-refractivity contribution in [2.24, 2.45) is 0 Å². The Labute approximate surface area is 99.9 Å². The van der Waals surface area contributed by atoms with Crippen LogP contribution in [0.5, 0.6) is 0 Å². The summed E-state index contributed by atoms with van der Waals surface area (Å²) in [5.41, 5.74) is 0. The molecule has 0 aliphatic heterocycles. The molecule has 0 unspecified atom stereocenters. The first-order valence-electron chi connectivity index (χ1n) is 5.42. The van der Waals surface area contributed by atoms with Gasteiger partial charge in [-0.25, -0.2) is 0 Å². The lowest BCUT2D eigenvalue weighted by atomic mass is 10.5. The van der Waals surface area contributed by atoms with Gasteiger partial charge < -0.3 is 13.6 Å². The zero-order valence-electron chi connectivity index (χ0n) is 10.3. The molecule has 0 aliphatic rings. The van der Waals surface area contributed by atoms with Crippen molar-refractivity contribution in [1.82, 2.24) is 0 Å². The van der Waals surface area contributed by atoms with Gasteiger partial charge in [0.25, 0.3) is 0 Å². The second kappa shape index (κ2) is 8.21. The Morgan fingerprint density at radius 3 is 1.93 bits per heavy atom. The van der Waals surface area contributed by atoms with E-state index in [2.05, 4.69) is 0 Å². The Morgan fingerprint density at radius 2 is 1.60 bits per heavy atom. The van der Waals surface area contributed by atoms with Crippen molar-refractivity contribution < 1.29 is 13.6 Å². The summed E-state index contributed by atoms with van der Waals surface area (Å²) < 4.78 is 16.8. The standard InChI is InChI=1S/C10H22O3SSi/c1-6-10(14)11-7-15(12-8(2)3)13-9(4)5/h8-9,15H,6-7H2,1-5H3. The highest BCUT2D eigenvalue weighted by Crippen LogP contribution is 2.02. The summed E-state index contributed by atoms with van der Waals surface area (Å²) in [6.45, 7) is 9.98. The fourth-order valence-electron chi connectivity index (χ4n) is 0.981. The second-order valence-electron chi connectivity index (χ2n) is 3.84. The summed E-state index contributed by atoms with van der Waals surface area (Å²) in [5.74, 6) is 0. The van der Waals surface area contributed by atoms with Crippen LogP contribution in [0.15, 0.2) is 0 Å². The lowest BCUT2D eigenvalue weighted by Crippen LogP contribution is -2.35. The third kappa shape index (κ3) is 8.99. The predicted octanol–water partition coefficient (Wildman–Crippen LogP) is 2.35. The van der Waals surface area contributed by atoms with Gasteiger partial charge in [-0.15, -0.1) is 0 Å². The molecule has 90 valence electrons. The van der Waals surface area contributed by atoms with Gasteiger partial charge >= 0.3 is 9.28 Å². The SMILES string of the molecule is CCC(=S)OC[SiH](OC(C)C)OC(C)C. The number of ether oxygens (including phenoxy) is 1. The number of thiocarbonyl (C=S) groups is 1. The second-order valence-corrected chi connectivity index (χ2v) is 6.03. The van der Waals surface area contributed by atoms with Crippen molar-refractivity contribution in [3.63, 3.8) is 0 Å². The lowest BCUT2D eigenvalue weighted by Gasteiger charge is -2.21. The van der Waals surface area contributed by atoms with Gasteiger partial charge in [0.1, 0.15) is 6.23 Å². The number of hydrogen-bond acceptors (Lipinski definition) is 4. The predicted molar refractivity (Wildman–Crippen MR) is 68.4 cm³/mol. The molecule has 0 saturated carbocycles. The Kier molecular flexibility index (Phi) is 8.23. The Balaban J connectivity index is 3.95. The third-order valence-corrected chi connectivity index (χ3v) is 4.06. The van der Waals surface area contributed by atoms with E-state index in [0.717, 1.165) is 6.42 Å². The molecule has 15 heavy (non-hydrogen) atoms. The minimum absolute atomic E-state index is 0.180. The van der Waals surface area contributed by atoms with Crippen molar-refractivity contribution in [3.8, 4) is 0 Å². The molecule has 0 aliphatic carbocycles. The van der Waals surface area contributed by atoms with Gasteiger partial charge in [0.05, 0.1) is 0 Å². The minimum Gasteiger partial charge on any atom is -0.485 e. The van der Waals surface area contributed by atoms with Crippen LogP contribution in [-0.4, -0.2) is 32.8 Å². The molecule has 0 radical (unpaired) electrons. The summed E-state index contributed by atoms with van der Waals surface area (Å²) >= 11 is 4.99. The van der Waals surface area contributed by atoms with Gasteiger partial charge in [0.15, 0.2) is 5.05 Å². The van der Waals surface area contributed by atoms with Crippen molar-refractivity contribution >= 4 is 26.6 Å². The fraction of sp³-hybridized carbons (Fsp3) is 0.900.